The first-order valence-corrected chi connectivity index (χ1v) is 9.56. The Hall–Kier alpha value is -3.18. The van der Waals surface area contributed by atoms with E-state index in [1.54, 1.807) is 0 Å². The molecule has 0 saturated carbocycles. The van der Waals surface area contributed by atoms with E-state index in [0.29, 0.717) is 15.8 Å². The third-order valence-electron chi connectivity index (χ3n) is 4.02. The van der Waals surface area contributed by atoms with Crippen LogP contribution in [0.5, 0.6) is 11.5 Å². The number of nitrogens with one attached hydrogen (secondary N) is 2. The van der Waals surface area contributed by atoms with E-state index in [0.717, 1.165) is 0 Å². The Morgan fingerprint density at radius 1 is 1.14 bits per heavy atom. The first-order chi connectivity index (χ1) is 13.3. The summed E-state index contributed by atoms with van der Waals surface area (Å²) in [5, 5.41) is 11.2. The number of urea groups is 1. The molecule has 0 radical (unpaired) electrons. The molecule has 1 saturated heterocycles. The van der Waals surface area contributed by atoms with Crippen molar-refractivity contribution < 1.29 is 32.3 Å². The molecule has 11 heteroatoms. The van der Waals surface area contributed by atoms with Crippen LogP contribution in [0.25, 0.3) is 0 Å². The highest BCUT2D eigenvalue weighted by Crippen LogP contribution is 2.26. The molecule has 28 heavy (non-hydrogen) atoms. The summed E-state index contributed by atoms with van der Waals surface area (Å²) >= 11 is 0. The van der Waals surface area contributed by atoms with Crippen LogP contribution >= 0.6 is 0 Å². The first-order valence-electron chi connectivity index (χ1n) is 8.12. The lowest BCUT2D eigenvalue weighted by Gasteiger charge is -2.33. The van der Waals surface area contributed by atoms with Gasteiger partial charge in [0.1, 0.15) is 23.4 Å². The molecular weight excluding hydrogens is 393 g/mol. The number of hydrogen-bond acceptors (Lipinski definition) is 6. The highest BCUT2D eigenvalue weighted by Gasteiger charge is 2.42. The molecule has 9 nitrogen and oxygen atoms in total. The van der Waals surface area contributed by atoms with E-state index in [2.05, 4.69) is 5.32 Å². The number of carbonyl (C=O) groups excluding carboxylic acids is 2. The number of halogens is 1. The Morgan fingerprint density at radius 2 is 1.71 bits per heavy atom. The molecule has 1 aliphatic rings. The topological polar surface area (TPSA) is 125 Å². The van der Waals surface area contributed by atoms with Gasteiger partial charge in [-0.1, -0.05) is 0 Å². The average Bonchev–Trinajstić information content (AvgIpc) is 2.69. The SMILES string of the molecule is O=C(NO)[C@H]1CCNC(=O)N1S(=O)(=O)c1ccc(Oc2ccc(F)cc2)cc1. The molecule has 1 atom stereocenters. The van der Waals surface area contributed by atoms with Gasteiger partial charge in [-0.05, 0) is 55.0 Å². The Kier molecular flexibility index (Phi) is 5.47. The zero-order valence-electron chi connectivity index (χ0n) is 14.3. The third-order valence-corrected chi connectivity index (χ3v) is 5.83. The predicted octanol–water partition coefficient (Wildman–Crippen LogP) is 1.60. The van der Waals surface area contributed by atoms with Gasteiger partial charge >= 0.3 is 6.03 Å². The highest BCUT2D eigenvalue weighted by atomic mass is 32.2. The van der Waals surface area contributed by atoms with Gasteiger partial charge in [-0.2, -0.15) is 0 Å². The number of nitrogens with zero attached hydrogens (tertiary/aromatic N) is 1. The second-order valence-corrected chi connectivity index (χ2v) is 7.66. The fraction of sp³-hybridized carbons (Fsp3) is 0.176. The Morgan fingerprint density at radius 3 is 2.29 bits per heavy atom. The predicted molar refractivity (Wildman–Crippen MR) is 93.7 cm³/mol. The van der Waals surface area contributed by atoms with Crippen molar-refractivity contribution in [2.45, 2.75) is 17.4 Å². The van der Waals surface area contributed by atoms with E-state index in [9.17, 15) is 22.4 Å². The summed E-state index contributed by atoms with van der Waals surface area (Å²) in [6.07, 6.45) is 0.00310. The van der Waals surface area contributed by atoms with Gasteiger partial charge in [0, 0.05) is 6.54 Å². The molecular formula is C17H16FN3O6S. The molecule has 3 N–H and O–H groups in total. The Labute approximate surface area is 159 Å². The van der Waals surface area contributed by atoms with E-state index < -0.39 is 33.8 Å². The summed E-state index contributed by atoms with van der Waals surface area (Å²) in [6, 6.07) is 8.06. The van der Waals surface area contributed by atoms with Crippen LogP contribution in [-0.2, 0) is 14.8 Å². The van der Waals surface area contributed by atoms with Crippen LogP contribution in [0.1, 0.15) is 6.42 Å². The van der Waals surface area contributed by atoms with Crippen molar-refractivity contribution in [1.29, 1.82) is 0 Å². The molecule has 0 unspecified atom stereocenters. The Balaban J connectivity index is 1.85. The minimum atomic E-state index is -4.37. The minimum Gasteiger partial charge on any atom is -0.457 e. The quantitative estimate of drug-likeness (QED) is 0.509. The summed E-state index contributed by atoms with van der Waals surface area (Å²) in [6.45, 7) is 0.0907. The molecule has 3 amide bonds. The largest absolute Gasteiger partial charge is 0.457 e. The molecule has 0 bridgehead atoms. The van der Waals surface area contributed by atoms with E-state index >= 15 is 0 Å². The molecule has 3 rings (SSSR count). The van der Waals surface area contributed by atoms with Crippen LogP contribution in [0.4, 0.5) is 9.18 Å². The van der Waals surface area contributed by atoms with Crippen molar-refractivity contribution in [3.05, 3.63) is 54.3 Å². The lowest BCUT2D eigenvalue weighted by atomic mass is 10.1. The van der Waals surface area contributed by atoms with Crippen molar-refractivity contribution >= 4 is 22.0 Å². The third kappa shape index (κ3) is 3.89. The fourth-order valence-corrected chi connectivity index (χ4v) is 4.20. The maximum Gasteiger partial charge on any atom is 0.332 e. The van der Waals surface area contributed by atoms with Crippen LogP contribution in [0.3, 0.4) is 0 Å². The molecule has 0 aromatic heterocycles. The zero-order valence-corrected chi connectivity index (χ0v) is 15.1. The molecule has 1 fully saturated rings. The van der Waals surface area contributed by atoms with Crippen molar-refractivity contribution in [3.63, 3.8) is 0 Å². The summed E-state index contributed by atoms with van der Waals surface area (Å²) in [4.78, 5) is 23.6. The van der Waals surface area contributed by atoms with Crippen molar-refractivity contribution in [1.82, 2.24) is 15.1 Å². The van der Waals surface area contributed by atoms with Gasteiger partial charge in [0.25, 0.3) is 15.9 Å². The van der Waals surface area contributed by atoms with Gasteiger partial charge in [0.15, 0.2) is 0 Å². The summed E-state index contributed by atoms with van der Waals surface area (Å²) < 4.78 is 44.5. The van der Waals surface area contributed by atoms with Gasteiger partial charge in [-0.15, -0.1) is 0 Å². The molecule has 1 heterocycles. The van der Waals surface area contributed by atoms with Gasteiger partial charge in [0.05, 0.1) is 4.90 Å². The monoisotopic (exact) mass is 409 g/mol. The maximum atomic E-state index is 12.9. The molecule has 0 aliphatic carbocycles. The van der Waals surface area contributed by atoms with Crippen molar-refractivity contribution in [2.75, 3.05) is 6.54 Å². The molecule has 0 spiro atoms. The van der Waals surface area contributed by atoms with Crippen LogP contribution in [0.15, 0.2) is 53.4 Å². The second kappa shape index (κ2) is 7.82. The van der Waals surface area contributed by atoms with E-state index in [4.69, 9.17) is 9.94 Å². The standard InChI is InChI=1S/C17H16FN3O6S/c18-11-1-3-12(4-2-11)27-13-5-7-14(8-6-13)28(25,26)21-15(16(22)20-24)9-10-19-17(21)23/h1-8,15,24H,9-10H2,(H,19,23)(H,20,22)/t15-/m1/s1. The summed E-state index contributed by atoms with van der Waals surface area (Å²) in [5.74, 6) is -0.782. The van der Waals surface area contributed by atoms with Crippen LogP contribution < -0.4 is 15.5 Å². The van der Waals surface area contributed by atoms with Gasteiger partial charge in [0.2, 0.25) is 0 Å². The van der Waals surface area contributed by atoms with Crippen molar-refractivity contribution in [3.8, 4) is 11.5 Å². The number of sulfonamides is 1. The van der Waals surface area contributed by atoms with E-state index in [1.807, 2.05) is 0 Å². The second-order valence-electron chi connectivity index (χ2n) is 5.84. The minimum absolute atomic E-state index is 0.00310. The molecule has 148 valence electrons. The zero-order chi connectivity index (χ0) is 20.3. The first kappa shape index (κ1) is 19.6. The van der Waals surface area contributed by atoms with Crippen molar-refractivity contribution in [2.24, 2.45) is 0 Å². The number of hydroxylamine groups is 1. The summed E-state index contributed by atoms with van der Waals surface area (Å²) in [7, 11) is -4.37. The molecule has 1 aliphatic heterocycles. The summed E-state index contributed by atoms with van der Waals surface area (Å²) in [5.41, 5.74) is 1.38. The average molecular weight is 409 g/mol. The number of carbonyl (C=O) groups is 2. The normalized spacial score (nSPS) is 17.0. The van der Waals surface area contributed by atoms with Gasteiger partial charge in [-0.25, -0.2) is 27.4 Å². The lowest BCUT2D eigenvalue weighted by molar-refractivity contribution is -0.133. The molecule has 2 aromatic rings. The smallest absolute Gasteiger partial charge is 0.332 e. The van der Waals surface area contributed by atoms with E-state index in [-0.39, 0.29) is 17.9 Å². The van der Waals surface area contributed by atoms with E-state index in [1.165, 1.54) is 54.0 Å². The number of amides is 3. The number of hydrogen-bond donors (Lipinski definition) is 3. The fourth-order valence-electron chi connectivity index (χ4n) is 2.67. The van der Waals surface area contributed by atoms with Crippen LogP contribution in [0, 0.1) is 5.82 Å². The highest BCUT2D eigenvalue weighted by molar-refractivity contribution is 7.89. The maximum absolute atomic E-state index is 12.9. The van der Waals surface area contributed by atoms with Crippen LogP contribution in [-0.4, -0.2) is 42.5 Å². The Bertz CT molecular complexity index is 979. The van der Waals surface area contributed by atoms with Gasteiger partial charge in [-0.3, -0.25) is 10.0 Å². The number of rotatable bonds is 5. The molecule has 2 aromatic carbocycles. The lowest BCUT2D eigenvalue weighted by Crippen LogP contribution is -2.59. The number of benzene rings is 2. The van der Waals surface area contributed by atoms with Crippen LogP contribution in [0.2, 0.25) is 0 Å². The van der Waals surface area contributed by atoms with Gasteiger partial charge < -0.3 is 10.1 Å². The number of ether oxygens (including phenoxy) is 1.